The number of hydrogen-bond acceptors (Lipinski definition) is 3. The fraction of sp³-hybridized carbons (Fsp3) is 0.400. The van der Waals surface area contributed by atoms with Gasteiger partial charge >= 0.3 is 6.09 Å². The Kier molecular flexibility index (Phi) is 3.95. The van der Waals surface area contributed by atoms with Crippen LogP contribution in [0.3, 0.4) is 0 Å². The van der Waals surface area contributed by atoms with Crippen molar-refractivity contribution in [1.82, 2.24) is 20.0 Å². The van der Waals surface area contributed by atoms with Crippen molar-refractivity contribution in [2.45, 2.75) is 37.8 Å². The Morgan fingerprint density at radius 3 is 2.45 bits per heavy atom. The molecule has 3 rings (SSSR count). The molecule has 2 aromatic rings. The van der Waals surface area contributed by atoms with E-state index in [4.69, 9.17) is 5.11 Å². The normalized spacial score (nSPS) is 21.5. The van der Waals surface area contributed by atoms with Crippen molar-refractivity contribution in [3.05, 3.63) is 36.3 Å². The molecule has 1 aliphatic rings. The summed E-state index contributed by atoms with van der Waals surface area (Å²) in [7, 11) is 0. The number of amides is 2. The zero-order chi connectivity index (χ0) is 15.5. The van der Waals surface area contributed by atoms with Crippen LogP contribution in [0, 0.1) is 0 Å². The van der Waals surface area contributed by atoms with Gasteiger partial charge in [0.2, 0.25) is 0 Å². The lowest BCUT2D eigenvalue weighted by molar-refractivity contribution is 0.0918. The average molecular weight is 302 g/mol. The molecule has 0 saturated heterocycles. The highest BCUT2D eigenvalue weighted by atomic mass is 16.4. The third-order valence-corrected chi connectivity index (χ3v) is 3.99. The maximum absolute atomic E-state index is 12.2. The molecule has 2 aromatic heterocycles. The minimum atomic E-state index is -0.989. The van der Waals surface area contributed by atoms with Crippen LogP contribution in [0.1, 0.15) is 36.2 Å². The molecule has 2 amide bonds. The summed E-state index contributed by atoms with van der Waals surface area (Å²) in [6.07, 6.45) is 5.58. The highest BCUT2D eigenvalue weighted by molar-refractivity contribution is 5.93. The lowest BCUT2D eigenvalue weighted by Gasteiger charge is -2.28. The molecule has 1 saturated carbocycles. The Balaban J connectivity index is 1.57. The van der Waals surface area contributed by atoms with Crippen molar-refractivity contribution >= 4 is 17.6 Å². The standard InChI is InChI=1S/C15H18N4O3/c20-14(12-9-19-8-2-1-3-13(19)18-12)16-10-4-6-11(7-5-10)17-15(21)22/h1-3,8-11,17H,4-7H2,(H,16,20)(H,21,22)/t10-,11+. The number of carbonyl (C=O) groups excluding carboxylic acids is 1. The Bertz CT molecular complexity index is 656. The Labute approximate surface area is 127 Å². The number of aromatic nitrogens is 2. The molecule has 0 bridgehead atoms. The quantitative estimate of drug-likeness (QED) is 0.803. The van der Waals surface area contributed by atoms with E-state index in [1.165, 1.54) is 0 Å². The van der Waals surface area contributed by atoms with Crippen LogP contribution in [0.25, 0.3) is 5.65 Å². The predicted octanol–water partition coefficient (Wildman–Crippen LogP) is 1.64. The molecule has 1 fully saturated rings. The van der Waals surface area contributed by atoms with Gasteiger partial charge in [-0.25, -0.2) is 9.78 Å². The molecule has 7 nitrogen and oxygen atoms in total. The molecular formula is C15H18N4O3. The average Bonchev–Trinajstić information content (AvgIpc) is 2.93. The van der Waals surface area contributed by atoms with Gasteiger partial charge in [0.25, 0.3) is 5.91 Å². The second-order valence-corrected chi connectivity index (χ2v) is 5.56. The van der Waals surface area contributed by atoms with Crippen LogP contribution in [0.15, 0.2) is 30.6 Å². The van der Waals surface area contributed by atoms with Crippen LogP contribution >= 0.6 is 0 Å². The lowest BCUT2D eigenvalue weighted by Crippen LogP contribution is -2.43. The highest BCUT2D eigenvalue weighted by Gasteiger charge is 2.24. The van der Waals surface area contributed by atoms with Crippen molar-refractivity contribution in [2.75, 3.05) is 0 Å². The van der Waals surface area contributed by atoms with Gasteiger partial charge in [0, 0.05) is 24.5 Å². The smallest absolute Gasteiger partial charge is 0.404 e. The van der Waals surface area contributed by atoms with Crippen LogP contribution in [0.5, 0.6) is 0 Å². The van der Waals surface area contributed by atoms with E-state index in [1.807, 2.05) is 28.8 Å². The number of pyridine rings is 1. The van der Waals surface area contributed by atoms with Gasteiger partial charge in [-0.15, -0.1) is 0 Å². The summed E-state index contributed by atoms with van der Waals surface area (Å²) in [5.41, 5.74) is 1.14. The van der Waals surface area contributed by atoms with E-state index < -0.39 is 6.09 Å². The van der Waals surface area contributed by atoms with Crippen LogP contribution in [0.4, 0.5) is 4.79 Å². The molecular weight excluding hydrogens is 284 g/mol. The molecule has 22 heavy (non-hydrogen) atoms. The first-order chi connectivity index (χ1) is 10.6. The predicted molar refractivity (Wildman–Crippen MR) is 79.9 cm³/mol. The second kappa shape index (κ2) is 6.05. The summed E-state index contributed by atoms with van der Waals surface area (Å²) < 4.78 is 1.81. The zero-order valence-corrected chi connectivity index (χ0v) is 12.0. The SMILES string of the molecule is O=C(O)N[C@H]1CC[C@@H](NC(=O)c2cn3ccccc3n2)CC1. The van der Waals surface area contributed by atoms with Crippen LogP contribution in [-0.2, 0) is 0 Å². The number of hydrogen-bond donors (Lipinski definition) is 3. The number of fused-ring (bicyclic) bond motifs is 1. The van der Waals surface area contributed by atoms with Crippen LogP contribution < -0.4 is 10.6 Å². The van der Waals surface area contributed by atoms with Gasteiger partial charge in [-0.2, -0.15) is 0 Å². The molecule has 0 spiro atoms. The first-order valence-corrected chi connectivity index (χ1v) is 7.36. The molecule has 3 N–H and O–H groups in total. The van der Waals surface area contributed by atoms with Crippen LogP contribution in [0.2, 0.25) is 0 Å². The molecule has 0 aromatic carbocycles. The first kappa shape index (κ1) is 14.4. The molecule has 7 heteroatoms. The summed E-state index contributed by atoms with van der Waals surface area (Å²) in [5.74, 6) is -0.182. The molecule has 1 aliphatic carbocycles. The molecule has 0 unspecified atom stereocenters. The van der Waals surface area contributed by atoms with E-state index in [-0.39, 0.29) is 18.0 Å². The first-order valence-electron chi connectivity index (χ1n) is 7.36. The molecule has 0 atom stereocenters. The summed E-state index contributed by atoms with van der Waals surface area (Å²) in [5, 5.41) is 14.2. The summed E-state index contributed by atoms with van der Waals surface area (Å²) in [4.78, 5) is 27.1. The number of nitrogens with zero attached hydrogens (tertiary/aromatic N) is 2. The maximum Gasteiger partial charge on any atom is 0.404 e. The van der Waals surface area contributed by atoms with Crippen molar-refractivity contribution in [1.29, 1.82) is 0 Å². The summed E-state index contributed by atoms with van der Waals surface area (Å²) in [6, 6.07) is 5.66. The molecule has 116 valence electrons. The van der Waals surface area contributed by atoms with E-state index in [9.17, 15) is 9.59 Å². The van der Waals surface area contributed by atoms with E-state index in [0.29, 0.717) is 5.69 Å². The fourth-order valence-corrected chi connectivity index (χ4v) is 2.86. The van der Waals surface area contributed by atoms with Gasteiger partial charge < -0.3 is 20.1 Å². The minimum Gasteiger partial charge on any atom is -0.465 e. The number of rotatable bonds is 3. The fourth-order valence-electron chi connectivity index (χ4n) is 2.86. The zero-order valence-electron chi connectivity index (χ0n) is 12.0. The van der Waals surface area contributed by atoms with Gasteiger partial charge in [-0.1, -0.05) is 6.07 Å². The Morgan fingerprint density at radius 1 is 1.14 bits per heavy atom. The largest absolute Gasteiger partial charge is 0.465 e. The van der Waals surface area contributed by atoms with E-state index >= 15 is 0 Å². The van der Waals surface area contributed by atoms with Gasteiger partial charge in [0.05, 0.1) is 0 Å². The van der Waals surface area contributed by atoms with Gasteiger partial charge in [-0.3, -0.25) is 4.79 Å². The maximum atomic E-state index is 12.2. The third kappa shape index (κ3) is 3.19. The Hall–Kier alpha value is -2.57. The summed E-state index contributed by atoms with van der Waals surface area (Å²) >= 11 is 0. The number of nitrogens with one attached hydrogen (secondary N) is 2. The topological polar surface area (TPSA) is 95.7 Å². The Morgan fingerprint density at radius 2 is 1.82 bits per heavy atom. The number of carbonyl (C=O) groups is 2. The van der Waals surface area contributed by atoms with Crippen molar-refractivity contribution in [3.8, 4) is 0 Å². The van der Waals surface area contributed by atoms with Crippen LogP contribution in [-0.4, -0.2) is 38.6 Å². The lowest BCUT2D eigenvalue weighted by atomic mass is 9.91. The second-order valence-electron chi connectivity index (χ2n) is 5.56. The van der Waals surface area contributed by atoms with Crippen molar-refractivity contribution in [3.63, 3.8) is 0 Å². The van der Waals surface area contributed by atoms with Gasteiger partial charge in [-0.05, 0) is 37.8 Å². The summed E-state index contributed by atoms with van der Waals surface area (Å²) in [6.45, 7) is 0. The minimum absolute atomic E-state index is 0.0131. The van der Waals surface area contributed by atoms with Gasteiger partial charge in [0.1, 0.15) is 11.3 Å². The number of carboxylic acid groups (broad SMARTS) is 1. The van der Waals surface area contributed by atoms with Gasteiger partial charge in [0.15, 0.2) is 0 Å². The molecule has 2 heterocycles. The monoisotopic (exact) mass is 302 g/mol. The number of imidazole rings is 1. The molecule has 0 aliphatic heterocycles. The third-order valence-electron chi connectivity index (χ3n) is 3.99. The highest BCUT2D eigenvalue weighted by Crippen LogP contribution is 2.19. The van der Waals surface area contributed by atoms with E-state index in [0.717, 1.165) is 31.3 Å². The van der Waals surface area contributed by atoms with Crippen molar-refractivity contribution < 1.29 is 14.7 Å². The molecule has 0 radical (unpaired) electrons. The van der Waals surface area contributed by atoms with Crippen molar-refractivity contribution in [2.24, 2.45) is 0 Å². The van der Waals surface area contributed by atoms with E-state index in [2.05, 4.69) is 15.6 Å². The van der Waals surface area contributed by atoms with E-state index in [1.54, 1.807) is 6.20 Å².